The van der Waals surface area contributed by atoms with E-state index < -0.39 is 0 Å². The minimum Gasteiger partial charge on any atom is -0.385 e. The van der Waals surface area contributed by atoms with Crippen LogP contribution in [-0.2, 0) is 24.1 Å². The largest absolute Gasteiger partial charge is 0.385 e. The third-order valence-corrected chi connectivity index (χ3v) is 4.26. The minimum absolute atomic E-state index is 0. The highest BCUT2D eigenvalue weighted by Gasteiger charge is 2.03. The number of rotatable bonds is 11. The molecule has 0 saturated carbocycles. The monoisotopic (exact) mass is 520 g/mol. The molecule has 0 bridgehead atoms. The predicted molar refractivity (Wildman–Crippen MR) is 125 cm³/mol. The number of nitrogens with one attached hydrogen (secondary N) is 2. The van der Waals surface area contributed by atoms with E-state index in [1.165, 1.54) is 5.56 Å². The molecule has 0 spiro atoms. The first-order chi connectivity index (χ1) is 13.2. The first kappa shape index (κ1) is 24.6. The summed E-state index contributed by atoms with van der Waals surface area (Å²) in [5, 5.41) is 15.6. The lowest BCUT2D eigenvalue weighted by atomic mass is 10.1. The van der Waals surface area contributed by atoms with Crippen LogP contribution < -0.4 is 10.6 Å². The fraction of sp³-hybridized carbons (Fsp3) is 0.526. The van der Waals surface area contributed by atoms with Gasteiger partial charge in [0.05, 0.1) is 0 Å². The molecule has 28 heavy (non-hydrogen) atoms. The van der Waals surface area contributed by atoms with E-state index in [1.54, 1.807) is 13.4 Å². The van der Waals surface area contributed by atoms with Crippen molar-refractivity contribution in [2.75, 3.05) is 33.4 Å². The molecule has 2 rings (SSSR count). The van der Waals surface area contributed by atoms with Gasteiger partial charge in [0.2, 0.25) is 0 Å². The van der Waals surface area contributed by atoms with Gasteiger partial charge in [-0.1, -0.05) is 30.7 Å². The number of benzene rings is 1. The summed E-state index contributed by atoms with van der Waals surface area (Å²) >= 11 is 6.05. The van der Waals surface area contributed by atoms with Crippen LogP contribution in [0.4, 0.5) is 0 Å². The third-order valence-electron chi connectivity index (χ3n) is 4.03. The van der Waals surface area contributed by atoms with Gasteiger partial charge >= 0.3 is 0 Å². The quantitative estimate of drug-likeness (QED) is 0.206. The highest BCUT2D eigenvalue weighted by molar-refractivity contribution is 14.0. The van der Waals surface area contributed by atoms with E-state index in [1.807, 2.05) is 18.2 Å². The number of hydrogen-bond donors (Lipinski definition) is 2. The molecule has 9 heteroatoms. The molecule has 156 valence electrons. The summed E-state index contributed by atoms with van der Waals surface area (Å²) in [5.74, 6) is 1.79. The Morgan fingerprint density at radius 3 is 2.86 bits per heavy atom. The summed E-state index contributed by atoms with van der Waals surface area (Å²) in [7, 11) is 1.70. The molecule has 2 N–H and O–H groups in total. The minimum atomic E-state index is 0. The molecule has 0 unspecified atom stereocenters. The third kappa shape index (κ3) is 9.20. The van der Waals surface area contributed by atoms with Gasteiger partial charge < -0.3 is 19.9 Å². The van der Waals surface area contributed by atoms with E-state index in [2.05, 4.69) is 43.4 Å². The Hall–Kier alpha value is -1.39. The predicted octanol–water partition coefficient (Wildman–Crippen LogP) is 2.93. The number of nitrogens with zero attached hydrogens (tertiary/aromatic N) is 4. The van der Waals surface area contributed by atoms with Gasteiger partial charge in [-0.05, 0) is 30.5 Å². The van der Waals surface area contributed by atoms with Crippen molar-refractivity contribution < 1.29 is 4.74 Å². The van der Waals surface area contributed by atoms with Crippen LogP contribution >= 0.6 is 35.6 Å². The second kappa shape index (κ2) is 14.6. The van der Waals surface area contributed by atoms with E-state index >= 15 is 0 Å². The van der Waals surface area contributed by atoms with Crippen LogP contribution in [-0.4, -0.2) is 54.1 Å². The summed E-state index contributed by atoms with van der Waals surface area (Å²) in [5.41, 5.74) is 1.20. The zero-order chi connectivity index (χ0) is 19.3. The number of aromatic nitrogens is 3. The fourth-order valence-corrected chi connectivity index (χ4v) is 2.84. The van der Waals surface area contributed by atoms with Crippen LogP contribution in [0.25, 0.3) is 0 Å². The smallest absolute Gasteiger partial charge is 0.191 e. The lowest BCUT2D eigenvalue weighted by Gasteiger charge is -2.13. The number of hydrogen-bond acceptors (Lipinski definition) is 4. The van der Waals surface area contributed by atoms with Crippen LogP contribution in [0.3, 0.4) is 0 Å². The Labute approximate surface area is 189 Å². The second-order valence-electron chi connectivity index (χ2n) is 6.10. The van der Waals surface area contributed by atoms with E-state index in [0.717, 1.165) is 55.7 Å². The van der Waals surface area contributed by atoms with E-state index in [4.69, 9.17) is 16.3 Å². The SMILES string of the molecule is CCc1nncn1CCNC(=NCCCOC)NCCc1cccc(Cl)c1.I. The van der Waals surface area contributed by atoms with Crippen molar-refractivity contribution >= 4 is 41.5 Å². The van der Waals surface area contributed by atoms with Gasteiger partial charge in [0.1, 0.15) is 12.2 Å². The van der Waals surface area contributed by atoms with Crippen molar-refractivity contribution in [3.8, 4) is 0 Å². The molecular formula is C19H30ClIN6O. The lowest BCUT2D eigenvalue weighted by molar-refractivity contribution is 0.197. The van der Waals surface area contributed by atoms with Gasteiger partial charge in [-0.15, -0.1) is 34.2 Å². The van der Waals surface area contributed by atoms with Crippen LogP contribution in [0.2, 0.25) is 5.02 Å². The molecular weight excluding hydrogens is 491 g/mol. The first-order valence-electron chi connectivity index (χ1n) is 9.35. The summed E-state index contributed by atoms with van der Waals surface area (Å²) < 4.78 is 7.15. The zero-order valence-electron chi connectivity index (χ0n) is 16.5. The highest BCUT2D eigenvalue weighted by Crippen LogP contribution is 2.10. The van der Waals surface area contributed by atoms with Crippen molar-refractivity contribution in [1.82, 2.24) is 25.4 Å². The number of methoxy groups -OCH3 is 1. The molecule has 2 aromatic rings. The van der Waals surface area contributed by atoms with Gasteiger partial charge in [-0.2, -0.15) is 0 Å². The number of guanidine groups is 1. The number of ether oxygens (including phenoxy) is 1. The Kier molecular flexibility index (Phi) is 12.8. The molecule has 0 saturated heterocycles. The van der Waals surface area contributed by atoms with Crippen molar-refractivity contribution in [3.63, 3.8) is 0 Å². The Bertz CT molecular complexity index is 709. The lowest BCUT2D eigenvalue weighted by Crippen LogP contribution is -2.40. The van der Waals surface area contributed by atoms with E-state index in [0.29, 0.717) is 13.2 Å². The molecule has 7 nitrogen and oxygen atoms in total. The maximum Gasteiger partial charge on any atom is 0.191 e. The zero-order valence-corrected chi connectivity index (χ0v) is 19.6. The average molecular weight is 521 g/mol. The Morgan fingerprint density at radius 1 is 1.29 bits per heavy atom. The van der Waals surface area contributed by atoms with Crippen molar-refractivity contribution in [2.45, 2.75) is 32.7 Å². The normalized spacial score (nSPS) is 11.2. The summed E-state index contributed by atoms with van der Waals surface area (Å²) in [4.78, 5) is 4.62. The van der Waals surface area contributed by atoms with Gasteiger partial charge in [-0.3, -0.25) is 4.99 Å². The van der Waals surface area contributed by atoms with Gasteiger partial charge in [0, 0.05) is 51.3 Å². The Morgan fingerprint density at radius 2 is 2.11 bits per heavy atom. The van der Waals surface area contributed by atoms with Crippen molar-refractivity contribution in [3.05, 3.63) is 47.0 Å². The number of aryl methyl sites for hydroxylation is 1. The molecule has 0 aliphatic carbocycles. The number of halogens is 2. The van der Waals surface area contributed by atoms with Crippen LogP contribution in [0, 0.1) is 0 Å². The van der Waals surface area contributed by atoms with E-state index in [-0.39, 0.29) is 24.0 Å². The van der Waals surface area contributed by atoms with Crippen molar-refractivity contribution in [2.24, 2.45) is 4.99 Å². The summed E-state index contributed by atoms with van der Waals surface area (Å²) in [6.45, 7) is 5.83. The van der Waals surface area contributed by atoms with Crippen LogP contribution in [0.5, 0.6) is 0 Å². The molecule has 1 aromatic heterocycles. The molecule has 1 heterocycles. The molecule has 0 amide bonds. The maximum atomic E-state index is 6.05. The molecule has 0 fully saturated rings. The van der Waals surface area contributed by atoms with Gasteiger partial charge in [0.15, 0.2) is 5.96 Å². The number of aliphatic imine (C=N–C) groups is 1. The topological polar surface area (TPSA) is 76.4 Å². The Balaban J connectivity index is 0.00000392. The standard InChI is InChI=1S/C19H29ClN6O.HI/c1-3-18-25-24-15-26(18)12-11-23-19(21-9-5-13-27-2)22-10-8-16-6-4-7-17(20)14-16;/h4,6-7,14-15H,3,5,8-13H2,1-2H3,(H2,21,22,23);1H. The molecule has 0 aliphatic heterocycles. The molecule has 0 atom stereocenters. The maximum absolute atomic E-state index is 6.05. The average Bonchev–Trinajstić information content (AvgIpc) is 3.12. The van der Waals surface area contributed by atoms with Gasteiger partial charge in [0.25, 0.3) is 0 Å². The van der Waals surface area contributed by atoms with Crippen LogP contribution in [0.1, 0.15) is 24.7 Å². The summed E-state index contributed by atoms with van der Waals surface area (Å²) in [6.07, 6.45) is 4.41. The second-order valence-corrected chi connectivity index (χ2v) is 6.54. The molecule has 0 aliphatic rings. The first-order valence-corrected chi connectivity index (χ1v) is 9.73. The fourth-order valence-electron chi connectivity index (χ4n) is 2.63. The highest BCUT2D eigenvalue weighted by atomic mass is 127. The summed E-state index contributed by atoms with van der Waals surface area (Å²) in [6, 6.07) is 7.93. The molecule has 0 radical (unpaired) electrons. The molecule has 1 aromatic carbocycles. The van der Waals surface area contributed by atoms with Gasteiger partial charge in [-0.25, -0.2) is 0 Å². The van der Waals surface area contributed by atoms with Crippen LogP contribution in [0.15, 0.2) is 35.6 Å². The van der Waals surface area contributed by atoms with Crippen molar-refractivity contribution in [1.29, 1.82) is 0 Å². The van der Waals surface area contributed by atoms with E-state index in [9.17, 15) is 0 Å².